The van der Waals surface area contributed by atoms with Gasteiger partial charge in [0.05, 0.1) is 15.6 Å². The highest BCUT2D eigenvalue weighted by Gasteiger charge is 2.14. The summed E-state index contributed by atoms with van der Waals surface area (Å²) in [4.78, 5) is 10.4. The molecule has 0 fully saturated rings. The van der Waals surface area contributed by atoms with Crippen LogP contribution in [0.2, 0.25) is 0 Å². The standard InChI is InChI=1S/C15H23N3S2/c1-4-7-8-16-15-18-12(10-19-15)13-9-17-14(20-13)11(5-2)6-3/h9-11H,4-8H2,1-3H3,(H,16,18). The molecule has 1 N–H and O–H groups in total. The molecule has 0 unspecified atom stereocenters. The Labute approximate surface area is 129 Å². The Bertz CT molecular complexity index is 515. The SMILES string of the molecule is CCCCNc1nc(-c2cnc(C(CC)CC)s2)cs1. The van der Waals surface area contributed by atoms with E-state index in [4.69, 9.17) is 0 Å². The van der Waals surface area contributed by atoms with Crippen LogP contribution in [0.3, 0.4) is 0 Å². The Kier molecular flexibility index (Phi) is 5.98. The van der Waals surface area contributed by atoms with E-state index in [0.29, 0.717) is 5.92 Å². The summed E-state index contributed by atoms with van der Waals surface area (Å²) in [7, 11) is 0. The lowest BCUT2D eigenvalue weighted by Gasteiger charge is -2.06. The molecule has 0 bridgehead atoms. The number of nitrogens with zero attached hydrogens (tertiary/aromatic N) is 2. The third-order valence-electron chi connectivity index (χ3n) is 3.42. The first-order chi connectivity index (χ1) is 9.78. The quantitative estimate of drug-likeness (QED) is 0.665. The first kappa shape index (κ1) is 15.4. The second-order valence-electron chi connectivity index (χ2n) is 4.89. The van der Waals surface area contributed by atoms with Crippen LogP contribution in [0.15, 0.2) is 11.6 Å². The maximum absolute atomic E-state index is 4.65. The minimum Gasteiger partial charge on any atom is -0.362 e. The minimum absolute atomic E-state index is 0.592. The lowest BCUT2D eigenvalue weighted by Crippen LogP contribution is -1.99. The molecule has 0 aliphatic rings. The highest BCUT2D eigenvalue weighted by molar-refractivity contribution is 7.16. The van der Waals surface area contributed by atoms with Gasteiger partial charge in [0.15, 0.2) is 5.13 Å². The molecule has 0 saturated carbocycles. The molecule has 2 rings (SSSR count). The van der Waals surface area contributed by atoms with Gasteiger partial charge in [-0.05, 0) is 19.3 Å². The predicted octanol–water partition coefficient (Wildman–Crippen LogP) is 5.38. The van der Waals surface area contributed by atoms with Crippen LogP contribution in [0.4, 0.5) is 5.13 Å². The summed E-state index contributed by atoms with van der Waals surface area (Å²) in [5, 5.41) is 7.77. The van der Waals surface area contributed by atoms with Crippen molar-refractivity contribution in [2.24, 2.45) is 0 Å². The maximum atomic E-state index is 4.65. The number of hydrogen-bond acceptors (Lipinski definition) is 5. The molecule has 0 aliphatic heterocycles. The van der Waals surface area contributed by atoms with Crippen LogP contribution < -0.4 is 5.32 Å². The Morgan fingerprint density at radius 3 is 2.75 bits per heavy atom. The highest BCUT2D eigenvalue weighted by Crippen LogP contribution is 2.34. The fourth-order valence-electron chi connectivity index (χ4n) is 2.07. The Morgan fingerprint density at radius 2 is 2.05 bits per heavy atom. The lowest BCUT2D eigenvalue weighted by molar-refractivity contribution is 0.637. The molecular weight excluding hydrogens is 286 g/mol. The maximum Gasteiger partial charge on any atom is 0.183 e. The molecule has 0 amide bonds. The van der Waals surface area contributed by atoms with E-state index in [1.54, 1.807) is 22.7 Å². The van der Waals surface area contributed by atoms with Gasteiger partial charge in [-0.2, -0.15) is 0 Å². The summed E-state index contributed by atoms with van der Waals surface area (Å²) in [6.07, 6.45) is 6.69. The molecule has 2 heterocycles. The molecule has 0 atom stereocenters. The number of aromatic nitrogens is 2. The van der Waals surface area contributed by atoms with Crippen molar-refractivity contribution in [3.05, 3.63) is 16.6 Å². The molecule has 2 aromatic heterocycles. The summed E-state index contributed by atoms with van der Waals surface area (Å²) in [6.45, 7) is 7.67. The molecule has 2 aromatic rings. The molecule has 0 saturated heterocycles. The van der Waals surface area contributed by atoms with Crippen LogP contribution in [0, 0.1) is 0 Å². The summed E-state index contributed by atoms with van der Waals surface area (Å²) in [5.41, 5.74) is 1.06. The monoisotopic (exact) mass is 309 g/mol. The van der Waals surface area contributed by atoms with Gasteiger partial charge in [-0.25, -0.2) is 9.97 Å². The van der Waals surface area contributed by atoms with Crippen molar-refractivity contribution < 1.29 is 0 Å². The molecule has 110 valence electrons. The van der Waals surface area contributed by atoms with Crippen LogP contribution in [-0.2, 0) is 0 Å². The third-order valence-corrected chi connectivity index (χ3v) is 5.40. The predicted molar refractivity (Wildman–Crippen MR) is 89.9 cm³/mol. The minimum atomic E-state index is 0.592. The second kappa shape index (κ2) is 7.74. The summed E-state index contributed by atoms with van der Waals surface area (Å²) in [6, 6.07) is 0. The van der Waals surface area contributed by atoms with Crippen molar-refractivity contribution >= 4 is 27.8 Å². The fraction of sp³-hybridized carbons (Fsp3) is 0.600. The van der Waals surface area contributed by atoms with E-state index in [0.717, 1.165) is 30.2 Å². The van der Waals surface area contributed by atoms with Gasteiger partial charge in [0.25, 0.3) is 0 Å². The summed E-state index contributed by atoms with van der Waals surface area (Å²) < 4.78 is 0. The number of hydrogen-bond donors (Lipinski definition) is 1. The molecule has 0 radical (unpaired) electrons. The van der Waals surface area contributed by atoms with Gasteiger partial charge >= 0.3 is 0 Å². The molecule has 5 heteroatoms. The van der Waals surface area contributed by atoms with Crippen LogP contribution >= 0.6 is 22.7 Å². The summed E-state index contributed by atoms with van der Waals surface area (Å²) in [5.74, 6) is 0.592. The van der Waals surface area contributed by atoms with Crippen molar-refractivity contribution in [1.29, 1.82) is 0 Å². The average molecular weight is 310 g/mol. The number of unbranched alkanes of at least 4 members (excludes halogenated alkanes) is 1. The molecule has 0 aliphatic carbocycles. The first-order valence-electron chi connectivity index (χ1n) is 7.43. The number of thiazole rings is 2. The van der Waals surface area contributed by atoms with Gasteiger partial charge in [0, 0.05) is 24.0 Å². The first-order valence-corrected chi connectivity index (χ1v) is 9.13. The lowest BCUT2D eigenvalue weighted by atomic mass is 10.1. The van der Waals surface area contributed by atoms with Gasteiger partial charge in [-0.1, -0.05) is 27.2 Å². The summed E-state index contributed by atoms with van der Waals surface area (Å²) >= 11 is 3.47. The largest absolute Gasteiger partial charge is 0.362 e. The molecule has 3 nitrogen and oxygen atoms in total. The zero-order chi connectivity index (χ0) is 14.4. The topological polar surface area (TPSA) is 37.8 Å². The van der Waals surface area contributed by atoms with Gasteiger partial charge in [-0.15, -0.1) is 22.7 Å². The normalized spacial score (nSPS) is 11.2. The van der Waals surface area contributed by atoms with Crippen LogP contribution in [-0.4, -0.2) is 16.5 Å². The molecule has 20 heavy (non-hydrogen) atoms. The smallest absolute Gasteiger partial charge is 0.183 e. The van der Waals surface area contributed by atoms with E-state index in [2.05, 4.69) is 41.4 Å². The van der Waals surface area contributed by atoms with Crippen molar-refractivity contribution in [2.45, 2.75) is 52.4 Å². The average Bonchev–Trinajstić information content (AvgIpc) is 3.09. The van der Waals surface area contributed by atoms with Crippen molar-refractivity contribution in [1.82, 2.24) is 9.97 Å². The van der Waals surface area contributed by atoms with E-state index >= 15 is 0 Å². The van der Waals surface area contributed by atoms with E-state index in [1.165, 1.54) is 22.7 Å². The van der Waals surface area contributed by atoms with Crippen molar-refractivity contribution in [2.75, 3.05) is 11.9 Å². The van der Waals surface area contributed by atoms with Gasteiger partial charge in [0.1, 0.15) is 0 Å². The van der Waals surface area contributed by atoms with E-state index in [1.807, 2.05) is 6.20 Å². The molecule has 0 aromatic carbocycles. The third kappa shape index (κ3) is 3.79. The van der Waals surface area contributed by atoms with E-state index in [-0.39, 0.29) is 0 Å². The number of nitrogens with one attached hydrogen (secondary N) is 1. The number of rotatable bonds is 8. The Morgan fingerprint density at radius 1 is 1.25 bits per heavy atom. The second-order valence-corrected chi connectivity index (χ2v) is 6.81. The fourth-order valence-corrected chi connectivity index (χ4v) is 4.03. The van der Waals surface area contributed by atoms with Gasteiger partial charge < -0.3 is 5.32 Å². The van der Waals surface area contributed by atoms with E-state index in [9.17, 15) is 0 Å². The van der Waals surface area contributed by atoms with Crippen LogP contribution in [0.1, 0.15) is 57.4 Å². The highest BCUT2D eigenvalue weighted by atomic mass is 32.1. The zero-order valence-corrected chi connectivity index (χ0v) is 14.1. The zero-order valence-electron chi connectivity index (χ0n) is 12.5. The van der Waals surface area contributed by atoms with Crippen molar-refractivity contribution in [3.8, 4) is 10.6 Å². The van der Waals surface area contributed by atoms with Gasteiger partial charge in [0.2, 0.25) is 0 Å². The Hall–Kier alpha value is -0.940. The molecule has 0 spiro atoms. The van der Waals surface area contributed by atoms with E-state index < -0.39 is 0 Å². The van der Waals surface area contributed by atoms with Crippen LogP contribution in [0.5, 0.6) is 0 Å². The van der Waals surface area contributed by atoms with Gasteiger partial charge in [-0.3, -0.25) is 0 Å². The van der Waals surface area contributed by atoms with Crippen molar-refractivity contribution in [3.63, 3.8) is 0 Å². The van der Waals surface area contributed by atoms with Crippen LogP contribution in [0.25, 0.3) is 10.6 Å². The molecular formula is C15H23N3S2. The number of anilines is 1. The Balaban J connectivity index is 2.04.